The molecule has 1 aromatic carbocycles. The highest BCUT2D eigenvalue weighted by Crippen LogP contribution is 2.16. The van der Waals surface area contributed by atoms with Crippen LogP contribution in [0, 0.1) is 0 Å². The number of carbonyl (C=O) groups is 1. The summed E-state index contributed by atoms with van der Waals surface area (Å²) >= 11 is 0. The van der Waals surface area contributed by atoms with E-state index in [-0.39, 0.29) is 6.09 Å². The van der Waals surface area contributed by atoms with Gasteiger partial charge in [0.15, 0.2) is 0 Å². The number of aliphatic hydroxyl groups is 1. The van der Waals surface area contributed by atoms with Gasteiger partial charge in [0.25, 0.3) is 0 Å². The van der Waals surface area contributed by atoms with Crippen LogP contribution in [-0.4, -0.2) is 36.3 Å². The standard InChI is InChI=1S/C13H19NO3/c1-3-17-13(16)14(2)10-9-12(15)11-7-5-4-6-8-11/h4-8,12,15H,3,9-10H2,1-2H3. The summed E-state index contributed by atoms with van der Waals surface area (Å²) in [6.45, 7) is 2.60. The molecule has 0 radical (unpaired) electrons. The van der Waals surface area contributed by atoms with Gasteiger partial charge in [-0.15, -0.1) is 0 Å². The Balaban J connectivity index is 2.38. The van der Waals surface area contributed by atoms with Crippen molar-refractivity contribution in [2.75, 3.05) is 20.2 Å². The van der Waals surface area contributed by atoms with E-state index in [9.17, 15) is 9.90 Å². The minimum Gasteiger partial charge on any atom is -0.450 e. The van der Waals surface area contributed by atoms with Crippen LogP contribution in [0.15, 0.2) is 30.3 Å². The number of hydrogen-bond donors (Lipinski definition) is 1. The van der Waals surface area contributed by atoms with E-state index < -0.39 is 6.10 Å². The van der Waals surface area contributed by atoms with Gasteiger partial charge in [0, 0.05) is 13.6 Å². The van der Waals surface area contributed by atoms with Crippen LogP contribution in [-0.2, 0) is 4.74 Å². The maximum absolute atomic E-state index is 11.3. The van der Waals surface area contributed by atoms with Gasteiger partial charge < -0.3 is 14.7 Å². The second-order valence-electron chi connectivity index (χ2n) is 3.84. The lowest BCUT2D eigenvalue weighted by Crippen LogP contribution is -2.29. The Morgan fingerprint density at radius 3 is 2.65 bits per heavy atom. The van der Waals surface area contributed by atoms with E-state index in [1.54, 1.807) is 14.0 Å². The lowest BCUT2D eigenvalue weighted by Gasteiger charge is -2.18. The Morgan fingerprint density at radius 1 is 1.41 bits per heavy atom. The highest BCUT2D eigenvalue weighted by molar-refractivity contribution is 5.67. The van der Waals surface area contributed by atoms with Crippen LogP contribution in [0.25, 0.3) is 0 Å². The first kappa shape index (κ1) is 13.5. The van der Waals surface area contributed by atoms with Crippen molar-refractivity contribution in [3.63, 3.8) is 0 Å². The van der Waals surface area contributed by atoms with Crippen LogP contribution < -0.4 is 0 Å². The number of carbonyl (C=O) groups excluding carboxylic acids is 1. The molecule has 0 aliphatic carbocycles. The lowest BCUT2D eigenvalue weighted by atomic mass is 10.1. The van der Waals surface area contributed by atoms with Gasteiger partial charge in [0.1, 0.15) is 0 Å². The predicted octanol–water partition coefficient (Wildman–Crippen LogP) is 2.20. The van der Waals surface area contributed by atoms with Crippen molar-refractivity contribution in [1.29, 1.82) is 0 Å². The molecule has 4 nitrogen and oxygen atoms in total. The van der Waals surface area contributed by atoms with Crippen LogP contribution in [0.2, 0.25) is 0 Å². The second-order valence-corrected chi connectivity index (χ2v) is 3.84. The van der Waals surface area contributed by atoms with Crippen molar-refractivity contribution < 1.29 is 14.6 Å². The first-order valence-electron chi connectivity index (χ1n) is 5.76. The van der Waals surface area contributed by atoms with Gasteiger partial charge in [-0.3, -0.25) is 0 Å². The smallest absolute Gasteiger partial charge is 0.409 e. The van der Waals surface area contributed by atoms with E-state index in [4.69, 9.17) is 4.74 Å². The second kappa shape index (κ2) is 6.91. The number of aliphatic hydroxyl groups excluding tert-OH is 1. The summed E-state index contributed by atoms with van der Waals surface area (Å²) in [5.41, 5.74) is 0.866. The predicted molar refractivity (Wildman–Crippen MR) is 65.7 cm³/mol. The molecule has 0 saturated heterocycles. The molecule has 1 rings (SSSR count). The summed E-state index contributed by atoms with van der Waals surface area (Å²) in [5.74, 6) is 0. The Labute approximate surface area is 102 Å². The maximum atomic E-state index is 11.3. The minimum atomic E-state index is -0.548. The maximum Gasteiger partial charge on any atom is 0.409 e. The SMILES string of the molecule is CCOC(=O)N(C)CCC(O)c1ccccc1. The zero-order chi connectivity index (χ0) is 12.7. The van der Waals surface area contributed by atoms with Crippen molar-refractivity contribution in [1.82, 2.24) is 4.90 Å². The molecule has 94 valence electrons. The zero-order valence-corrected chi connectivity index (χ0v) is 10.3. The third kappa shape index (κ3) is 4.44. The summed E-state index contributed by atoms with van der Waals surface area (Å²) < 4.78 is 4.85. The van der Waals surface area contributed by atoms with E-state index in [1.165, 1.54) is 4.90 Å². The third-order valence-corrected chi connectivity index (χ3v) is 2.50. The molecule has 0 saturated carbocycles. The molecule has 0 heterocycles. The van der Waals surface area contributed by atoms with Crippen LogP contribution in [0.3, 0.4) is 0 Å². The van der Waals surface area contributed by atoms with E-state index >= 15 is 0 Å². The Bertz CT molecular complexity index is 340. The largest absolute Gasteiger partial charge is 0.450 e. The fourth-order valence-electron chi connectivity index (χ4n) is 1.48. The first-order valence-corrected chi connectivity index (χ1v) is 5.76. The fraction of sp³-hybridized carbons (Fsp3) is 0.462. The normalized spacial score (nSPS) is 11.9. The van der Waals surface area contributed by atoms with Gasteiger partial charge in [0.05, 0.1) is 12.7 Å². The topological polar surface area (TPSA) is 49.8 Å². The van der Waals surface area contributed by atoms with Crippen molar-refractivity contribution in [2.45, 2.75) is 19.4 Å². The molecule has 0 spiro atoms. The minimum absolute atomic E-state index is 0.354. The molecule has 1 N–H and O–H groups in total. The molecule has 0 aliphatic rings. The van der Waals surface area contributed by atoms with Crippen molar-refractivity contribution >= 4 is 6.09 Å². The zero-order valence-electron chi connectivity index (χ0n) is 10.3. The molecule has 1 aromatic rings. The van der Waals surface area contributed by atoms with Gasteiger partial charge in [0.2, 0.25) is 0 Å². The highest BCUT2D eigenvalue weighted by atomic mass is 16.5. The molecule has 0 fully saturated rings. The molecule has 1 unspecified atom stereocenters. The van der Waals surface area contributed by atoms with Crippen LogP contribution in [0.5, 0.6) is 0 Å². The summed E-state index contributed by atoms with van der Waals surface area (Å²) in [5, 5.41) is 9.90. The Morgan fingerprint density at radius 2 is 2.06 bits per heavy atom. The molecule has 17 heavy (non-hydrogen) atoms. The number of nitrogens with zero attached hydrogens (tertiary/aromatic N) is 1. The molecule has 0 aromatic heterocycles. The molecule has 4 heteroatoms. The van der Waals surface area contributed by atoms with Gasteiger partial charge in [-0.25, -0.2) is 4.79 Å². The average molecular weight is 237 g/mol. The van der Waals surface area contributed by atoms with Crippen molar-refractivity contribution in [3.05, 3.63) is 35.9 Å². The molecule has 0 aliphatic heterocycles. The van der Waals surface area contributed by atoms with Crippen LogP contribution in [0.1, 0.15) is 25.0 Å². The highest BCUT2D eigenvalue weighted by Gasteiger charge is 2.12. The first-order chi connectivity index (χ1) is 8.15. The van der Waals surface area contributed by atoms with Gasteiger partial charge in [-0.1, -0.05) is 30.3 Å². The fourth-order valence-corrected chi connectivity index (χ4v) is 1.48. The Hall–Kier alpha value is -1.55. The average Bonchev–Trinajstić information content (AvgIpc) is 2.36. The van der Waals surface area contributed by atoms with E-state index in [0.717, 1.165) is 5.56 Å². The molecule has 0 bridgehead atoms. The summed E-state index contributed by atoms with van der Waals surface area (Å²) in [7, 11) is 1.66. The quantitative estimate of drug-likeness (QED) is 0.854. The monoisotopic (exact) mass is 237 g/mol. The number of amides is 1. The lowest BCUT2D eigenvalue weighted by molar-refractivity contribution is 0.104. The molecule has 1 atom stereocenters. The van der Waals surface area contributed by atoms with Crippen LogP contribution >= 0.6 is 0 Å². The van der Waals surface area contributed by atoms with Gasteiger partial charge in [-0.05, 0) is 18.9 Å². The van der Waals surface area contributed by atoms with Crippen molar-refractivity contribution in [2.24, 2.45) is 0 Å². The van der Waals surface area contributed by atoms with E-state index in [0.29, 0.717) is 19.6 Å². The summed E-state index contributed by atoms with van der Waals surface area (Å²) in [4.78, 5) is 12.8. The van der Waals surface area contributed by atoms with Crippen LogP contribution in [0.4, 0.5) is 4.79 Å². The van der Waals surface area contributed by atoms with Crippen molar-refractivity contribution in [3.8, 4) is 0 Å². The molecular weight excluding hydrogens is 218 g/mol. The third-order valence-electron chi connectivity index (χ3n) is 2.50. The molecule has 1 amide bonds. The van der Waals surface area contributed by atoms with E-state index in [2.05, 4.69) is 0 Å². The molecular formula is C13H19NO3. The van der Waals surface area contributed by atoms with Gasteiger partial charge in [-0.2, -0.15) is 0 Å². The van der Waals surface area contributed by atoms with E-state index in [1.807, 2.05) is 30.3 Å². The summed E-state index contributed by atoms with van der Waals surface area (Å²) in [6, 6.07) is 9.41. The number of benzene rings is 1. The van der Waals surface area contributed by atoms with Gasteiger partial charge >= 0.3 is 6.09 Å². The number of hydrogen-bond acceptors (Lipinski definition) is 3. The number of rotatable bonds is 5. The Kier molecular flexibility index (Phi) is 5.49. The number of ether oxygens (including phenoxy) is 1. The summed E-state index contributed by atoms with van der Waals surface area (Å²) in [6.07, 6.45) is -0.403.